The number of halogens is 3. The summed E-state index contributed by atoms with van der Waals surface area (Å²) in [6.45, 7) is 0. The molecule has 0 aromatic carbocycles. The van der Waals surface area contributed by atoms with E-state index in [1.54, 1.807) is 0 Å². The predicted molar refractivity (Wildman–Crippen MR) is 35.1 cm³/mol. The van der Waals surface area contributed by atoms with Crippen molar-refractivity contribution in [3.63, 3.8) is 0 Å². The molecule has 11 heavy (non-hydrogen) atoms. The van der Waals surface area contributed by atoms with E-state index >= 15 is 0 Å². The fraction of sp³-hybridized carbons (Fsp3) is 0.400. The highest BCUT2D eigenvalue weighted by Gasteiger charge is 2.35. The Morgan fingerprint density at radius 1 is 1.55 bits per heavy atom. The summed E-state index contributed by atoms with van der Waals surface area (Å²) in [5.41, 5.74) is 3.50. The van der Waals surface area contributed by atoms with Gasteiger partial charge in [0.2, 0.25) is 0 Å². The molecule has 0 spiro atoms. The second-order valence-corrected chi connectivity index (χ2v) is 1.76. The van der Waals surface area contributed by atoms with E-state index in [2.05, 4.69) is 11.1 Å². The van der Waals surface area contributed by atoms with E-state index in [1.807, 2.05) is 0 Å². The Hall–Kier alpha value is -1.20. The third-order valence-corrected chi connectivity index (χ3v) is 0.884. The van der Waals surface area contributed by atoms with E-state index in [1.165, 1.54) is 7.05 Å². The van der Waals surface area contributed by atoms with E-state index in [-0.39, 0.29) is 0 Å². The molecule has 0 fully saturated rings. The lowest BCUT2D eigenvalue weighted by Gasteiger charge is -2.08. The van der Waals surface area contributed by atoms with Gasteiger partial charge in [0.25, 0.3) is 0 Å². The maximum atomic E-state index is 11.8. The monoisotopic (exact) mass is 167 g/mol. The summed E-state index contributed by atoms with van der Waals surface area (Å²) in [4.78, 5) is 0. The molecule has 6 heteroatoms. The van der Waals surface area contributed by atoms with Crippen LogP contribution in [0.5, 0.6) is 0 Å². The van der Waals surface area contributed by atoms with Gasteiger partial charge >= 0.3 is 6.18 Å². The number of hydrogen-bond acceptors (Lipinski definition) is 2. The lowest BCUT2D eigenvalue weighted by Crippen LogP contribution is -2.27. The Morgan fingerprint density at radius 2 is 2.00 bits per heavy atom. The molecule has 0 aliphatic carbocycles. The summed E-state index contributed by atoms with van der Waals surface area (Å²) >= 11 is 0. The molecular formula is C5H8F3N3. The van der Waals surface area contributed by atoms with Crippen molar-refractivity contribution in [1.82, 2.24) is 5.32 Å². The molecule has 0 heterocycles. The minimum Gasteiger partial charge on any atom is -0.393 e. The molecule has 0 saturated carbocycles. The second-order valence-electron chi connectivity index (χ2n) is 1.76. The molecule has 0 aromatic rings. The topological polar surface area (TPSA) is 61.9 Å². The molecule has 0 atom stereocenters. The molecule has 64 valence electrons. The van der Waals surface area contributed by atoms with Gasteiger partial charge in [-0.2, -0.15) is 13.2 Å². The van der Waals surface area contributed by atoms with Crippen molar-refractivity contribution in [2.24, 2.45) is 5.73 Å². The van der Waals surface area contributed by atoms with Gasteiger partial charge in [0, 0.05) is 13.2 Å². The summed E-state index contributed by atoms with van der Waals surface area (Å²) in [7, 11) is 1.30. The van der Waals surface area contributed by atoms with Crippen molar-refractivity contribution in [3.8, 4) is 0 Å². The Bertz CT molecular complexity index is 182. The molecule has 4 N–H and O–H groups in total. The van der Waals surface area contributed by atoms with Crippen LogP contribution in [0.2, 0.25) is 0 Å². The first-order valence-electron chi connectivity index (χ1n) is 2.68. The van der Waals surface area contributed by atoms with Crippen molar-refractivity contribution in [3.05, 3.63) is 11.8 Å². The fourth-order valence-electron chi connectivity index (χ4n) is 0.457. The molecular weight excluding hydrogens is 159 g/mol. The van der Waals surface area contributed by atoms with Crippen molar-refractivity contribution in [1.29, 1.82) is 5.41 Å². The Morgan fingerprint density at radius 3 is 2.09 bits per heavy atom. The maximum Gasteiger partial charge on any atom is 0.421 e. The van der Waals surface area contributed by atoms with Crippen LogP contribution in [0.3, 0.4) is 0 Å². The molecule has 0 bridgehead atoms. The first kappa shape index (κ1) is 9.80. The highest BCUT2D eigenvalue weighted by Crippen LogP contribution is 2.24. The van der Waals surface area contributed by atoms with Crippen LogP contribution < -0.4 is 11.1 Å². The molecule has 0 rings (SSSR count). The number of amidine groups is 1. The normalized spacial score (nSPS) is 12.9. The van der Waals surface area contributed by atoms with E-state index < -0.39 is 17.6 Å². The van der Waals surface area contributed by atoms with Crippen LogP contribution in [0.15, 0.2) is 11.8 Å². The smallest absolute Gasteiger partial charge is 0.393 e. The van der Waals surface area contributed by atoms with Crippen LogP contribution in [0.1, 0.15) is 0 Å². The second kappa shape index (κ2) is 3.27. The molecule has 0 amide bonds. The SMILES string of the molecule is CN/C=C(\C(=N)N)C(F)(F)F. The van der Waals surface area contributed by atoms with Crippen LogP contribution in [0, 0.1) is 5.41 Å². The Labute approximate surface area is 61.6 Å². The molecule has 0 unspecified atom stereocenters. The van der Waals surface area contributed by atoms with Crippen LogP contribution in [-0.4, -0.2) is 19.1 Å². The van der Waals surface area contributed by atoms with E-state index in [0.717, 1.165) is 0 Å². The zero-order valence-corrected chi connectivity index (χ0v) is 5.79. The van der Waals surface area contributed by atoms with Gasteiger partial charge < -0.3 is 11.1 Å². The van der Waals surface area contributed by atoms with Gasteiger partial charge in [-0.05, 0) is 0 Å². The highest BCUT2D eigenvalue weighted by atomic mass is 19.4. The van der Waals surface area contributed by atoms with Gasteiger partial charge in [-0.3, -0.25) is 5.41 Å². The number of rotatable bonds is 2. The van der Waals surface area contributed by atoms with Crippen LogP contribution in [-0.2, 0) is 0 Å². The predicted octanol–water partition coefficient (Wildman–Crippen LogP) is 0.588. The molecule has 0 radical (unpaired) electrons. The first-order chi connectivity index (χ1) is 4.89. The number of hydrogen-bond donors (Lipinski definition) is 3. The largest absolute Gasteiger partial charge is 0.421 e. The summed E-state index contributed by atoms with van der Waals surface area (Å²) in [6.07, 6.45) is -3.92. The summed E-state index contributed by atoms with van der Waals surface area (Å²) in [6, 6.07) is 0. The molecule has 0 aromatic heterocycles. The summed E-state index contributed by atoms with van der Waals surface area (Å²) in [5, 5.41) is 8.71. The minimum absolute atomic E-state index is 0.641. The van der Waals surface area contributed by atoms with E-state index in [4.69, 9.17) is 5.41 Å². The van der Waals surface area contributed by atoms with Gasteiger partial charge in [0.1, 0.15) is 11.4 Å². The lowest BCUT2D eigenvalue weighted by molar-refractivity contribution is -0.0865. The Kier molecular flexibility index (Phi) is 2.91. The average molecular weight is 167 g/mol. The minimum atomic E-state index is -4.56. The quantitative estimate of drug-likeness (QED) is 0.416. The van der Waals surface area contributed by atoms with E-state index in [9.17, 15) is 13.2 Å². The van der Waals surface area contributed by atoms with Gasteiger partial charge in [-0.15, -0.1) is 0 Å². The zero-order valence-electron chi connectivity index (χ0n) is 5.79. The first-order valence-corrected chi connectivity index (χ1v) is 2.68. The summed E-state index contributed by atoms with van der Waals surface area (Å²) in [5.74, 6) is -0.994. The van der Waals surface area contributed by atoms with Crippen LogP contribution >= 0.6 is 0 Å². The number of alkyl halides is 3. The molecule has 0 aliphatic rings. The van der Waals surface area contributed by atoms with E-state index in [0.29, 0.717) is 6.20 Å². The molecule has 3 nitrogen and oxygen atoms in total. The van der Waals surface area contributed by atoms with Crippen molar-refractivity contribution >= 4 is 5.84 Å². The zero-order chi connectivity index (χ0) is 9.07. The highest BCUT2D eigenvalue weighted by molar-refractivity contribution is 5.95. The van der Waals surface area contributed by atoms with Gasteiger partial charge in [-0.25, -0.2) is 0 Å². The fourth-order valence-corrected chi connectivity index (χ4v) is 0.457. The number of nitrogens with two attached hydrogens (primary N) is 1. The van der Waals surface area contributed by atoms with Gasteiger partial charge in [0.05, 0.1) is 0 Å². The third kappa shape index (κ3) is 2.92. The van der Waals surface area contributed by atoms with Crippen molar-refractivity contribution < 1.29 is 13.2 Å². The number of nitrogens with one attached hydrogen (secondary N) is 2. The standard InChI is InChI=1S/C5H8F3N3/c1-11-2-3(4(9)10)5(6,7)8/h2,11H,1H3,(H3,9,10)/b3-2+. The van der Waals surface area contributed by atoms with Gasteiger partial charge in [0.15, 0.2) is 0 Å². The summed E-state index contributed by atoms with van der Waals surface area (Å²) < 4.78 is 35.5. The average Bonchev–Trinajstić information content (AvgIpc) is 1.79. The lowest BCUT2D eigenvalue weighted by atomic mass is 10.2. The third-order valence-electron chi connectivity index (χ3n) is 0.884. The van der Waals surface area contributed by atoms with Crippen LogP contribution in [0.25, 0.3) is 0 Å². The molecule has 0 aliphatic heterocycles. The Balaban J connectivity index is 4.63. The van der Waals surface area contributed by atoms with Crippen LogP contribution in [0.4, 0.5) is 13.2 Å². The van der Waals surface area contributed by atoms with Crippen molar-refractivity contribution in [2.45, 2.75) is 6.18 Å². The van der Waals surface area contributed by atoms with Crippen molar-refractivity contribution in [2.75, 3.05) is 7.05 Å². The van der Waals surface area contributed by atoms with Gasteiger partial charge in [-0.1, -0.05) is 0 Å². The maximum absolute atomic E-state index is 11.8. The molecule has 0 saturated heterocycles.